The van der Waals surface area contributed by atoms with E-state index in [9.17, 15) is 4.21 Å². The lowest BCUT2D eigenvalue weighted by Gasteiger charge is -2.17. The first-order valence-electron chi connectivity index (χ1n) is 6.18. The van der Waals surface area contributed by atoms with E-state index in [2.05, 4.69) is 11.3 Å². The van der Waals surface area contributed by atoms with E-state index in [1.807, 2.05) is 60.7 Å². The maximum Gasteiger partial charge on any atom is 0.104 e. The Hall–Kier alpha value is -1.71. The lowest BCUT2D eigenvalue weighted by atomic mass is 10.0. The van der Waals surface area contributed by atoms with Crippen molar-refractivity contribution in [2.45, 2.75) is 5.25 Å². The van der Waals surface area contributed by atoms with Crippen molar-refractivity contribution in [3.63, 3.8) is 0 Å². The fourth-order valence-corrected chi connectivity index (χ4v) is 3.18. The molecule has 0 aliphatic rings. The van der Waals surface area contributed by atoms with Crippen LogP contribution >= 0.6 is 0 Å². The van der Waals surface area contributed by atoms with Crippen LogP contribution in [0.25, 0.3) is 0 Å². The van der Waals surface area contributed by atoms with Crippen LogP contribution in [0.5, 0.6) is 0 Å². The SMILES string of the molecule is C=CCNS(=O)C(c1ccccc1)c1ccccc1. The Kier molecular flexibility index (Phi) is 5.07. The van der Waals surface area contributed by atoms with E-state index in [-0.39, 0.29) is 5.25 Å². The lowest BCUT2D eigenvalue weighted by Crippen LogP contribution is -2.23. The number of nitrogens with one attached hydrogen (secondary N) is 1. The Bertz CT molecular complexity index is 500. The second-order valence-electron chi connectivity index (χ2n) is 4.14. The van der Waals surface area contributed by atoms with Gasteiger partial charge in [-0.2, -0.15) is 0 Å². The highest BCUT2D eigenvalue weighted by Crippen LogP contribution is 2.26. The molecule has 0 aliphatic heterocycles. The smallest absolute Gasteiger partial charge is 0.104 e. The van der Waals surface area contributed by atoms with Crippen molar-refractivity contribution in [2.24, 2.45) is 0 Å². The third-order valence-electron chi connectivity index (χ3n) is 2.79. The molecule has 0 spiro atoms. The molecule has 0 aromatic heterocycles. The second kappa shape index (κ2) is 7.02. The standard InChI is InChI=1S/C16H17NOS/c1-2-13-17-19(18)16(14-9-5-3-6-10-14)15-11-7-4-8-12-15/h2-12,16-17H,1,13H2. The molecule has 2 rings (SSSR count). The molecule has 2 aromatic rings. The van der Waals surface area contributed by atoms with Crippen LogP contribution in [0.3, 0.4) is 0 Å². The molecule has 0 saturated carbocycles. The average molecular weight is 271 g/mol. The van der Waals surface area contributed by atoms with Gasteiger partial charge >= 0.3 is 0 Å². The normalized spacial score (nSPS) is 12.3. The molecule has 0 amide bonds. The molecule has 3 heteroatoms. The highest BCUT2D eigenvalue weighted by molar-refractivity contribution is 7.83. The van der Waals surface area contributed by atoms with Crippen LogP contribution in [0, 0.1) is 0 Å². The van der Waals surface area contributed by atoms with Gasteiger partial charge in [-0.1, -0.05) is 66.7 Å². The lowest BCUT2D eigenvalue weighted by molar-refractivity contribution is 0.670. The summed E-state index contributed by atoms with van der Waals surface area (Å²) in [6.45, 7) is 4.17. The first-order valence-corrected chi connectivity index (χ1v) is 7.39. The van der Waals surface area contributed by atoms with Gasteiger partial charge in [0.25, 0.3) is 0 Å². The first kappa shape index (κ1) is 13.7. The molecular formula is C16H17NOS. The molecule has 1 atom stereocenters. The second-order valence-corrected chi connectivity index (χ2v) is 5.49. The summed E-state index contributed by atoms with van der Waals surface area (Å²) in [7, 11) is -1.18. The Labute approximate surface area is 116 Å². The van der Waals surface area contributed by atoms with Crippen molar-refractivity contribution >= 4 is 11.0 Å². The molecule has 98 valence electrons. The largest absolute Gasteiger partial charge is 0.242 e. The van der Waals surface area contributed by atoms with Gasteiger partial charge in [-0.05, 0) is 11.1 Å². The Morgan fingerprint density at radius 1 is 1.00 bits per heavy atom. The third kappa shape index (κ3) is 3.63. The molecular weight excluding hydrogens is 254 g/mol. The number of rotatable bonds is 6. The van der Waals surface area contributed by atoms with Gasteiger partial charge in [-0.3, -0.25) is 0 Å². The molecule has 0 fully saturated rings. The highest BCUT2D eigenvalue weighted by atomic mass is 32.2. The van der Waals surface area contributed by atoms with Gasteiger partial charge in [0, 0.05) is 6.54 Å². The van der Waals surface area contributed by atoms with Crippen molar-refractivity contribution in [3.8, 4) is 0 Å². The zero-order chi connectivity index (χ0) is 13.5. The summed E-state index contributed by atoms with van der Waals surface area (Å²) in [5.74, 6) is 0. The van der Waals surface area contributed by atoms with Crippen molar-refractivity contribution in [3.05, 3.63) is 84.4 Å². The average Bonchev–Trinajstić information content (AvgIpc) is 2.47. The van der Waals surface area contributed by atoms with Crippen molar-refractivity contribution in [1.29, 1.82) is 0 Å². The molecule has 1 unspecified atom stereocenters. The summed E-state index contributed by atoms with van der Waals surface area (Å²) in [6, 6.07) is 19.8. The Morgan fingerprint density at radius 2 is 1.47 bits per heavy atom. The summed E-state index contributed by atoms with van der Waals surface area (Å²) in [6.07, 6.45) is 1.71. The van der Waals surface area contributed by atoms with E-state index < -0.39 is 11.0 Å². The predicted molar refractivity (Wildman–Crippen MR) is 81.1 cm³/mol. The summed E-state index contributed by atoms with van der Waals surface area (Å²) >= 11 is 0. The quantitative estimate of drug-likeness (QED) is 0.803. The van der Waals surface area contributed by atoms with Crippen LogP contribution < -0.4 is 4.72 Å². The number of benzene rings is 2. The van der Waals surface area contributed by atoms with Crippen LogP contribution in [-0.4, -0.2) is 10.8 Å². The van der Waals surface area contributed by atoms with E-state index in [0.717, 1.165) is 11.1 Å². The molecule has 1 N–H and O–H groups in total. The van der Waals surface area contributed by atoms with Gasteiger partial charge in [0.2, 0.25) is 0 Å². The van der Waals surface area contributed by atoms with E-state index in [1.54, 1.807) is 6.08 Å². The molecule has 0 aliphatic carbocycles. The van der Waals surface area contributed by atoms with Crippen molar-refractivity contribution in [2.75, 3.05) is 6.54 Å². The summed E-state index contributed by atoms with van der Waals surface area (Å²) < 4.78 is 15.4. The van der Waals surface area contributed by atoms with Crippen molar-refractivity contribution < 1.29 is 4.21 Å². The summed E-state index contributed by atoms with van der Waals surface area (Å²) in [5.41, 5.74) is 2.09. The van der Waals surface area contributed by atoms with Gasteiger partial charge < -0.3 is 0 Å². The monoisotopic (exact) mass is 271 g/mol. The van der Waals surface area contributed by atoms with Crippen LogP contribution in [0.15, 0.2) is 73.3 Å². The first-order chi connectivity index (χ1) is 9.33. The predicted octanol–water partition coefficient (Wildman–Crippen LogP) is 3.22. The van der Waals surface area contributed by atoms with Crippen LogP contribution in [0.1, 0.15) is 16.4 Å². The van der Waals surface area contributed by atoms with Crippen LogP contribution in [0.4, 0.5) is 0 Å². The van der Waals surface area contributed by atoms with Gasteiger partial charge in [0.15, 0.2) is 0 Å². The number of hydrogen-bond donors (Lipinski definition) is 1. The van der Waals surface area contributed by atoms with Gasteiger partial charge in [0.1, 0.15) is 11.0 Å². The molecule has 0 heterocycles. The third-order valence-corrected chi connectivity index (χ3v) is 4.21. The molecule has 0 radical (unpaired) electrons. The fourth-order valence-electron chi connectivity index (χ4n) is 1.92. The minimum absolute atomic E-state index is 0.164. The fraction of sp³-hybridized carbons (Fsp3) is 0.125. The zero-order valence-corrected chi connectivity index (χ0v) is 11.5. The van der Waals surface area contributed by atoms with Crippen LogP contribution in [0.2, 0.25) is 0 Å². The van der Waals surface area contributed by atoms with Gasteiger partial charge in [-0.25, -0.2) is 8.93 Å². The zero-order valence-electron chi connectivity index (χ0n) is 10.7. The molecule has 2 nitrogen and oxygen atoms in total. The summed E-state index contributed by atoms with van der Waals surface area (Å²) in [5, 5.41) is -0.164. The van der Waals surface area contributed by atoms with Crippen molar-refractivity contribution in [1.82, 2.24) is 4.72 Å². The molecule has 2 aromatic carbocycles. The number of hydrogen-bond acceptors (Lipinski definition) is 1. The highest BCUT2D eigenvalue weighted by Gasteiger charge is 2.20. The maximum absolute atomic E-state index is 12.5. The summed E-state index contributed by atoms with van der Waals surface area (Å²) in [4.78, 5) is 0. The minimum Gasteiger partial charge on any atom is -0.242 e. The molecule has 0 saturated heterocycles. The van der Waals surface area contributed by atoms with E-state index in [0.29, 0.717) is 6.54 Å². The maximum atomic E-state index is 12.5. The Morgan fingerprint density at radius 3 is 1.89 bits per heavy atom. The van der Waals surface area contributed by atoms with Crippen LogP contribution in [-0.2, 0) is 11.0 Å². The Balaban J connectivity index is 2.34. The van der Waals surface area contributed by atoms with Gasteiger partial charge in [-0.15, -0.1) is 6.58 Å². The minimum atomic E-state index is -1.18. The molecule has 0 bridgehead atoms. The molecule has 19 heavy (non-hydrogen) atoms. The van der Waals surface area contributed by atoms with E-state index in [4.69, 9.17) is 0 Å². The van der Waals surface area contributed by atoms with E-state index >= 15 is 0 Å². The van der Waals surface area contributed by atoms with Gasteiger partial charge in [0.05, 0.1) is 5.25 Å². The van der Waals surface area contributed by atoms with E-state index in [1.165, 1.54) is 0 Å². The topological polar surface area (TPSA) is 29.1 Å².